The zero-order valence-corrected chi connectivity index (χ0v) is 12.2. The van der Waals surface area contributed by atoms with E-state index in [-0.39, 0.29) is 0 Å². The van der Waals surface area contributed by atoms with Crippen molar-refractivity contribution in [3.63, 3.8) is 0 Å². The van der Waals surface area contributed by atoms with Crippen LogP contribution in [0.1, 0.15) is 19.4 Å². The molecular weight excluding hydrogens is 324 g/mol. The van der Waals surface area contributed by atoms with Gasteiger partial charge < -0.3 is 9.47 Å². The number of halogens is 2. The minimum absolute atomic E-state index is 0.515. The Balaban J connectivity index is 2.70. The minimum Gasteiger partial charge on any atom is -0.354 e. The summed E-state index contributed by atoms with van der Waals surface area (Å²) < 4.78 is 12.9. The van der Waals surface area contributed by atoms with E-state index < -0.39 is 5.79 Å². The van der Waals surface area contributed by atoms with Gasteiger partial charge in [0.2, 0.25) is 0 Å². The Labute approximate surface area is 107 Å². The Bertz CT molecular complexity index is 337. The molecule has 0 spiro atoms. The first-order chi connectivity index (χ1) is 6.96. The van der Waals surface area contributed by atoms with Gasteiger partial charge in [0.25, 0.3) is 0 Å². The molecule has 2 nitrogen and oxygen atoms in total. The summed E-state index contributed by atoms with van der Waals surface area (Å²) in [4.78, 5) is 0. The Morgan fingerprint density at radius 3 is 2.53 bits per heavy atom. The molecular formula is C11H14Br2O2. The summed E-state index contributed by atoms with van der Waals surface area (Å²) in [6.45, 7) is 4.29. The lowest BCUT2D eigenvalue weighted by molar-refractivity contribution is -0.204. The molecule has 0 aliphatic heterocycles. The largest absolute Gasteiger partial charge is 0.354 e. The van der Waals surface area contributed by atoms with Gasteiger partial charge in [-0.25, -0.2) is 0 Å². The number of methoxy groups -OCH3 is 1. The molecule has 0 N–H and O–H groups in total. The van der Waals surface area contributed by atoms with Crippen LogP contribution in [0, 0.1) is 0 Å². The summed E-state index contributed by atoms with van der Waals surface area (Å²) in [5.74, 6) is -0.554. The van der Waals surface area contributed by atoms with Crippen LogP contribution in [-0.2, 0) is 16.1 Å². The molecule has 1 rings (SSSR count). The van der Waals surface area contributed by atoms with E-state index in [2.05, 4.69) is 31.9 Å². The van der Waals surface area contributed by atoms with Gasteiger partial charge in [0.05, 0.1) is 6.61 Å². The highest BCUT2D eigenvalue weighted by Crippen LogP contribution is 2.28. The monoisotopic (exact) mass is 336 g/mol. The first-order valence-corrected chi connectivity index (χ1v) is 6.17. The van der Waals surface area contributed by atoms with Crippen molar-refractivity contribution >= 4 is 31.9 Å². The molecule has 0 atom stereocenters. The molecule has 0 aromatic heterocycles. The van der Waals surface area contributed by atoms with Crippen LogP contribution in [0.2, 0.25) is 0 Å². The Kier molecular flexibility index (Phi) is 4.77. The van der Waals surface area contributed by atoms with Crippen molar-refractivity contribution in [2.24, 2.45) is 0 Å². The number of ether oxygens (including phenoxy) is 2. The van der Waals surface area contributed by atoms with Gasteiger partial charge in [0.1, 0.15) is 0 Å². The van der Waals surface area contributed by atoms with Gasteiger partial charge in [-0.05, 0) is 57.3 Å². The fourth-order valence-corrected chi connectivity index (χ4v) is 1.76. The van der Waals surface area contributed by atoms with E-state index in [1.807, 2.05) is 32.0 Å². The summed E-state index contributed by atoms with van der Waals surface area (Å²) in [6, 6.07) is 5.98. The van der Waals surface area contributed by atoms with Crippen LogP contribution in [0.3, 0.4) is 0 Å². The van der Waals surface area contributed by atoms with Gasteiger partial charge in [-0.1, -0.05) is 12.1 Å². The molecule has 15 heavy (non-hydrogen) atoms. The maximum Gasteiger partial charge on any atom is 0.162 e. The quantitative estimate of drug-likeness (QED) is 0.770. The average molecular weight is 338 g/mol. The molecule has 0 saturated carbocycles. The van der Waals surface area contributed by atoms with E-state index in [1.54, 1.807) is 7.11 Å². The molecule has 1 aromatic rings. The van der Waals surface area contributed by atoms with Crippen LogP contribution in [-0.4, -0.2) is 12.9 Å². The average Bonchev–Trinajstić information content (AvgIpc) is 2.20. The maximum atomic E-state index is 5.63. The van der Waals surface area contributed by atoms with Crippen molar-refractivity contribution < 1.29 is 9.47 Å². The number of rotatable bonds is 4. The van der Waals surface area contributed by atoms with Crippen molar-refractivity contribution in [1.29, 1.82) is 0 Å². The van der Waals surface area contributed by atoms with Crippen molar-refractivity contribution in [3.05, 3.63) is 32.7 Å². The standard InChI is InChI=1S/C11H14Br2O2/c1-11(2,14-3)15-7-8-5-4-6-9(12)10(8)13/h4-6H,7H2,1-3H3. The van der Waals surface area contributed by atoms with E-state index in [0.717, 1.165) is 14.5 Å². The van der Waals surface area contributed by atoms with Crippen LogP contribution in [0.25, 0.3) is 0 Å². The Morgan fingerprint density at radius 1 is 1.27 bits per heavy atom. The topological polar surface area (TPSA) is 18.5 Å². The predicted octanol–water partition coefficient (Wildman–Crippen LogP) is 4.11. The summed E-state index contributed by atoms with van der Waals surface area (Å²) >= 11 is 6.95. The molecule has 0 bridgehead atoms. The third-order valence-electron chi connectivity index (χ3n) is 2.10. The van der Waals surface area contributed by atoms with E-state index in [1.165, 1.54) is 0 Å². The van der Waals surface area contributed by atoms with Gasteiger partial charge in [0, 0.05) is 16.1 Å². The smallest absolute Gasteiger partial charge is 0.162 e. The van der Waals surface area contributed by atoms with E-state index in [4.69, 9.17) is 9.47 Å². The van der Waals surface area contributed by atoms with Crippen LogP contribution in [0.15, 0.2) is 27.1 Å². The fourth-order valence-electron chi connectivity index (χ4n) is 0.970. The van der Waals surface area contributed by atoms with Crippen molar-refractivity contribution in [2.45, 2.75) is 26.2 Å². The van der Waals surface area contributed by atoms with E-state index in [0.29, 0.717) is 6.61 Å². The second-order valence-corrected chi connectivity index (χ2v) is 5.25. The molecule has 0 radical (unpaired) electrons. The van der Waals surface area contributed by atoms with Crippen LogP contribution in [0.5, 0.6) is 0 Å². The van der Waals surface area contributed by atoms with Gasteiger partial charge >= 0.3 is 0 Å². The van der Waals surface area contributed by atoms with Crippen LogP contribution in [0.4, 0.5) is 0 Å². The summed E-state index contributed by atoms with van der Waals surface area (Å²) in [5.41, 5.74) is 1.09. The molecule has 0 amide bonds. The molecule has 0 heterocycles. The summed E-state index contributed by atoms with van der Waals surface area (Å²) in [6.07, 6.45) is 0. The number of hydrogen-bond acceptors (Lipinski definition) is 2. The molecule has 0 aliphatic rings. The zero-order chi connectivity index (χ0) is 11.5. The zero-order valence-electron chi connectivity index (χ0n) is 9.01. The van der Waals surface area contributed by atoms with Crippen molar-refractivity contribution in [1.82, 2.24) is 0 Å². The fraction of sp³-hybridized carbons (Fsp3) is 0.455. The minimum atomic E-state index is -0.554. The lowest BCUT2D eigenvalue weighted by atomic mass is 10.2. The van der Waals surface area contributed by atoms with E-state index in [9.17, 15) is 0 Å². The third kappa shape index (κ3) is 3.87. The highest BCUT2D eigenvalue weighted by Gasteiger charge is 2.17. The first-order valence-electron chi connectivity index (χ1n) is 4.58. The highest BCUT2D eigenvalue weighted by molar-refractivity contribution is 9.13. The number of hydrogen-bond donors (Lipinski definition) is 0. The Hall–Kier alpha value is 0.1000. The van der Waals surface area contributed by atoms with Gasteiger partial charge in [-0.3, -0.25) is 0 Å². The van der Waals surface area contributed by atoms with Crippen molar-refractivity contribution in [2.75, 3.05) is 7.11 Å². The first kappa shape index (κ1) is 13.2. The van der Waals surface area contributed by atoms with Crippen LogP contribution >= 0.6 is 31.9 Å². The Morgan fingerprint density at radius 2 is 1.93 bits per heavy atom. The summed E-state index contributed by atoms with van der Waals surface area (Å²) in [7, 11) is 1.63. The molecule has 4 heteroatoms. The molecule has 0 fully saturated rings. The molecule has 84 valence electrons. The third-order valence-corrected chi connectivity index (χ3v) is 4.23. The molecule has 1 aromatic carbocycles. The van der Waals surface area contributed by atoms with Crippen LogP contribution < -0.4 is 0 Å². The van der Waals surface area contributed by atoms with Gasteiger partial charge in [0.15, 0.2) is 5.79 Å². The van der Waals surface area contributed by atoms with Crippen molar-refractivity contribution in [3.8, 4) is 0 Å². The maximum absolute atomic E-state index is 5.63. The highest BCUT2D eigenvalue weighted by atomic mass is 79.9. The second-order valence-electron chi connectivity index (χ2n) is 3.61. The lowest BCUT2D eigenvalue weighted by Crippen LogP contribution is -2.26. The van der Waals surface area contributed by atoms with E-state index >= 15 is 0 Å². The SMILES string of the molecule is COC(C)(C)OCc1cccc(Br)c1Br. The molecule has 0 aliphatic carbocycles. The summed E-state index contributed by atoms with van der Waals surface area (Å²) in [5, 5.41) is 0. The predicted molar refractivity (Wildman–Crippen MR) is 67.7 cm³/mol. The van der Waals surface area contributed by atoms with Gasteiger partial charge in [-0.2, -0.15) is 0 Å². The second kappa shape index (κ2) is 5.43. The molecule has 0 unspecified atom stereocenters. The lowest BCUT2D eigenvalue weighted by Gasteiger charge is -2.23. The molecule has 0 saturated heterocycles. The number of benzene rings is 1. The van der Waals surface area contributed by atoms with Gasteiger partial charge in [-0.15, -0.1) is 0 Å². The normalized spacial score (nSPS) is 11.8.